The van der Waals surface area contributed by atoms with Crippen molar-refractivity contribution in [1.29, 1.82) is 0 Å². The zero-order valence-corrected chi connectivity index (χ0v) is 8.40. The fourth-order valence-electron chi connectivity index (χ4n) is 0.942. The van der Waals surface area contributed by atoms with Gasteiger partial charge >= 0.3 is 0 Å². The van der Waals surface area contributed by atoms with Gasteiger partial charge in [0.05, 0.1) is 5.60 Å². The van der Waals surface area contributed by atoms with Crippen LogP contribution in [0, 0.1) is 0 Å². The highest BCUT2D eigenvalue weighted by molar-refractivity contribution is 6.48. The van der Waals surface area contributed by atoms with Crippen molar-refractivity contribution >= 4 is 9.04 Å². The predicted octanol–water partition coefficient (Wildman–Crippen LogP) is 2.61. The summed E-state index contributed by atoms with van der Waals surface area (Å²) in [5.41, 5.74) is -0.000450. The van der Waals surface area contributed by atoms with Gasteiger partial charge in [-0.1, -0.05) is 6.08 Å². The summed E-state index contributed by atoms with van der Waals surface area (Å²) in [5.74, 6) is 0. The molecule has 10 heavy (non-hydrogen) atoms. The Hall–Kier alpha value is -0.0831. The molecule has 0 aliphatic heterocycles. The molecular formula is C8H17OSi. The van der Waals surface area contributed by atoms with E-state index in [2.05, 4.69) is 33.5 Å². The van der Waals surface area contributed by atoms with Crippen LogP contribution in [-0.2, 0) is 4.43 Å². The highest BCUT2D eigenvalue weighted by Gasteiger charge is 2.17. The van der Waals surface area contributed by atoms with E-state index in [1.807, 2.05) is 6.08 Å². The minimum absolute atomic E-state index is 0.000450. The smallest absolute Gasteiger partial charge is 0.205 e. The first-order valence-corrected chi connectivity index (χ1v) is 5.99. The summed E-state index contributed by atoms with van der Waals surface area (Å²) in [7, 11) is -0.561. The van der Waals surface area contributed by atoms with E-state index in [0.717, 1.165) is 6.42 Å². The van der Waals surface area contributed by atoms with Gasteiger partial charge in [0.25, 0.3) is 0 Å². The van der Waals surface area contributed by atoms with Crippen molar-refractivity contribution in [2.45, 2.75) is 39.0 Å². The molecule has 0 saturated heterocycles. The van der Waals surface area contributed by atoms with Crippen molar-refractivity contribution in [3.63, 3.8) is 0 Å². The van der Waals surface area contributed by atoms with Crippen LogP contribution < -0.4 is 0 Å². The summed E-state index contributed by atoms with van der Waals surface area (Å²) < 4.78 is 5.71. The van der Waals surface area contributed by atoms with Crippen LogP contribution in [0.4, 0.5) is 0 Å². The molecular weight excluding hydrogens is 140 g/mol. The summed E-state index contributed by atoms with van der Waals surface area (Å²) >= 11 is 0. The zero-order valence-electron chi connectivity index (χ0n) is 7.40. The van der Waals surface area contributed by atoms with E-state index in [9.17, 15) is 0 Å². The van der Waals surface area contributed by atoms with Gasteiger partial charge in [-0.25, -0.2) is 0 Å². The third-order valence-corrected chi connectivity index (χ3v) is 2.08. The Kier molecular flexibility index (Phi) is 3.90. The molecule has 0 aliphatic rings. The fourth-order valence-corrected chi connectivity index (χ4v) is 2.13. The summed E-state index contributed by atoms with van der Waals surface area (Å²) in [4.78, 5) is 0. The monoisotopic (exact) mass is 157 g/mol. The molecule has 1 radical (unpaired) electrons. The molecule has 0 N–H and O–H groups in total. The number of hydrogen-bond donors (Lipinski definition) is 0. The molecule has 59 valence electrons. The molecule has 0 aliphatic carbocycles. The topological polar surface area (TPSA) is 9.23 Å². The average molecular weight is 157 g/mol. The van der Waals surface area contributed by atoms with Gasteiger partial charge in [0.1, 0.15) is 0 Å². The van der Waals surface area contributed by atoms with E-state index in [1.54, 1.807) is 0 Å². The molecule has 0 bridgehead atoms. The summed E-state index contributed by atoms with van der Waals surface area (Å²) in [6.07, 6.45) is 2.84. The van der Waals surface area contributed by atoms with Crippen LogP contribution in [0.5, 0.6) is 0 Å². The van der Waals surface area contributed by atoms with E-state index in [0.29, 0.717) is 0 Å². The summed E-state index contributed by atoms with van der Waals surface area (Å²) in [6.45, 7) is 12.2. The molecule has 0 saturated carbocycles. The van der Waals surface area contributed by atoms with Crippen molar-refractivity contribution in [2.24, 2.45) is 0 Å². The van der Waals surface area contributed by atoms with Crippen LogP contribution in [0.3, 0.4) is 0 Å². The van der Waals surface area contributed by atoms with Gasteiger partial charge in [-0.3, -0.25) is 0 Å². The van der Waals surface area contributed by atoms with E-state index < -0.39 is 9.04 Å². The lowest BCUT2D eigenvalue weighted by molar-refractivity contribution is 0.113. The number of hydrogen-bond acceptors (Lipinski definition) is 1. The molecule has 1 nitrogen and oxygen atoms in total. The Balaban J connectivity index is 3.73. The van der Waals surface area contributed by atoms with Gasteiger partial charge < -0.3 is 4.43 Å². The van der Waals surface area contributed by atoms with Gasteiger partial charge in [0.15, 0.2) is 0 Å². The maximum absolute atomic E-state index is 5.71. The van der Waals surface area contributed by atoms with Crippen LogP contribution in [0.2, 0.25) is 13.1 Å². The van der Waals surface area contributed by atoms with Crippen molar-refractivity contribution in [3.05, 3.63) is 12.7 Å². The average Bonchev–Trinajstić information content (AvgIpc) is 1.59. The Labute approximate surface area is 65.8 Å². The van der Waals surface area contributed by atoms with Gasteiger partial charge in [-0.2, -0.15) is 0 Å². The quantitative estimate of drug-likeness (QED) is 0.450. The van der Waals surface area contributed by atoms with E-state index in [4.69, 9.17) is 4.43 Å². The maximum atomic E-state index is 5.71. The predicted molar refractivity (Wildman–Crippen MR) is 47.5 cm³/mol. The van der Waals surface area contributed by atoms with Gasteiger partial charge in [0, 0.05) is 0 Å². The molecule has 0 aromatic carbocycles. The standard InChI is InChI=1S/C8H17OSi/c1-6-7-8(2,3)9-10(4)5/h6H,1,7H2,2-5H3. The first-order chi connectivity index (χ1) is 4.48. The van der Waals surface area contributed by atoms with Crippen molar-refractivity contribution in [1.82, 2.24) is 0 Å². The van der Waals surface area contributed by atoms with E-state index >= 15 is 0 Å². The lowest BCUT2D eigenvalue weighted by atomic mass is 10.1. The summed E-state index contributed by atoms with van der Waals surface area (Å²) in [6, 6.07) is 0. The van der Waals surface area contributed by atoms with Crippen molar-refractivity contribution < 1.29 is 4.43 Å². The van der Waals surface area contributed by atoms with Crippen LogP contribution in [-0.4, -0.2) is 14.6 Å². The van der Waals surface area contributed by atoms with Crippen LogP contribution in [0.25, 0.3) is 0 Å². The molecule has 0 aromatic heterocycles. The largest absolute Gasteiger partial charge is 0.412 e. The Morgan fingerprint density at radius 3 is 2.30 bits per heavy atom. The van der Waals surface area contributed by atoms with Gasteiger partial charge in [0.2, 0.25) is 9.04 Å². The molecule has 0 heterocycles. The SMILES string of the molecule is C=CCC(C)(C)O[Si](C)C. The lowest BCUT2D eigenvalue weighted by Gasteiger charge is -2.25. The molecule has 0 amide bonds. The summed E-state index contributed by atoms with van der Waals surface area (Å²) in [5, 5.41) is 0. The van der Waals surface area contributed by atoms with Crippen molar-refractivity contribution in [3.8, 4) is 0 Å². The second-order valence-corrected chi connectivity index (χ2v) is 5.28. The third kappa shape index (κ3) is 4.76. The zero-order chi connectivity index (χ0) is 8.20. The molecule has 0 atom stereocenters. The first kappa shape index (κ1) is 9.92. The fraction of sp³-hybridized carbons (Fsp3) is 0.750. The highest BCUT2D eigenvalue weighted by Crippen LogP contribution is 2.15. The minimum Gasteiger partial charge on any atom is -0.412 e. The maximum Gasteiger partial charge on any atom is 0.205 e. The molecule has 0 fully saturated rings. The minimum atomic E-state index is -0.561. The van der Waals surface area contributed by atoms with E-state index in [1.165, 1.54) is 0 Å². The van der Waals surface area contributed by atoms with Gasteiger partial charge in [-0.05, 0) is 33.4 Å². The molecule has 0 aromatic rings. The normalized spacial score (nSPS) is 12.1. The number of rotatable bonds is 4. The Morgan fingerprint density at radius 2 is 2.00 bits per heavy atom. The second-order valence-electron chi connectivity index (χ2n) is 3.26. The van der Waals surface area contributed by atoms with Crippen LogP contribution in [0.15, 0.2) is 12.7 Å². The Morgan fingerprint density at radius 1 is 1.50 bits per heavy atom. The van der Waals surface area contributed by atoms with Crippen LogP contribution in [0.1, 0.15) is 20.3 Å². The van der Waals surface area contributed by atoms with Gasteiger partial charge in [-0.15, -0.1) is 6.58 Å². The van der Waals surface area contributed by atoms with Crippen LogP contribution >= 0.6 is 0 Å². The first-order valence-electron chi connectivity index (χ1n) is 3.58. The van der Waals surface area contributed by atoms with E-state index in [-0.39, 0.29) is 5.60 Å². The second kappa shape index (κ2) is 3.94. The lowest BCUT2D eigenvalue weighted by Crippen LogP contribution is -2.29. The molecule has 0 rings (SSSR count). The molecule has 0 unspecified atom stereocenters. The van der Waals surface area contributed by atoms with Crippen molar-refractivity contribution in [2.75, 3.05) is 0 Å². The highest BCUT2D eigenvalue weighted by atomic mass is 28.3. The molecule has 2 heteroatoms. The third-order valence-electron chi connectivity index (χ3n) is 1.12. The molecule has 0 spiro atoms. The Bertz CT molecular complexity index is 108.